The first-order valence-electron chi connectivity index (χ1n) is 4.51. The third kappa shape index (κ3) is 1.86. The fourth-order valence-corrected chi connectivity index (χ4v) is 1.58. The first kappa shape index (κ1) is 10.1. The molecule has 0 aliphatic heterocycles. The summed E-state index contributed by atoms with van der Waals surface area (Å²) in [4.78, 5) is 0. The van der Waals surface area contributed by atoms with E-state index in [1.54, 1.807) is 10.9 Å². The molecule has 0 saturated heterocycles. The van der Waals surface area contributed by atoms with Crippen molar-refractivity contribution in [1.82, 2.24) is 15.0 Å². The van der Waals surface area contributed by atoms with Crippen molar-refractivity contribution in [2.45, 2.75) is 12.5 Å². The number of nitrogens with zero attached hydrogens (tertiary/aromatic N) is 3. The fraction of sp³-hybridized carbons (Fsp3) is 0.200. The Hall–Kier alpha value is -1.39. The molecule has 0 atom stereocenters. The second kappa shape index (κ2) is 4.42. The van der Waals surface area contributed by atoms with Crippen molar-refractivity contribution in [2.75, 3.05) is 0 Å². The highest BCUT2D eigenvalue weighted by Crippen LogP contribution is 2.16. The molecule has 1 aromatic heterocycles. The Morgan fingerprint density at radius 1 is 1.33 bits per heavy atom. The molecule has 0 saturated carbocycles. The largest absolute Gasteiger partial charge is 0.392 e. The summed E-state index contributed by atoms with van der Waals surface area (Å²) in [6.45, 7) is -0.0300. The predicted octanol–water partition coefficient (Wildman–Crippen LogP) is 1.50. The maximum atomic E-state index is 9.19. The normalized spacial score (nSPS) is 10.5. The molecule has 1 N–H and O–H groups in total. The zero-order valence-corrected chi connectivity index (χ0v) is 8.72. The van der Waals surface area contributed by atoms with Gasteiger partial charge in [0, 0.05) is 5.56 Å². The van der Waals surface area contributed by atoms with Gasteiger partial charge in [0.05, 0.1) is 30.1 Å². The number of alkyl halides is 1. The highest BCUT2D eigenvalue weighted by molar-refractivity contribution is 6.16. The van der Waals surface area contributed by atoms with Gasteiger partial charge >= 0.3 is 0 Å². The van der Waals surface area contributed by atoms with Gasteiger partial charge in [-0.25, -0.2) is 4.68 Å². The monoisotopic (exact) mass is 223 g/mol. The molecule has 4 nitrogen and oxygen atoms in total. The molecule has 1 aromatic carbocycles. The zero-order valence-electron chi connectivity index (χ0n) is 7.97. The quantitative estimate of drug-likeness (QED) is 0.803. The number of aromatic nitrogens is 3. The van der Waals surface area contributed by atoms with E-state index in [1.807, 2.05) is 24.3 Å². The molecule has 0 unspecified atom stereocenters. The third-order valence-corrected chi connectivity index (χ3v) is 2.42. The van der Waals surface area contributed by atoms with E-state index in [4.69, 9.17) is 11.6 Å². The molecule has 15 heavy (non-hydrogen) atoms. The Morgan fingerprint density at radius 2 is 2.13 bits per heavy atom. The maximum Gasteiger partial charge on any atom is 0.0793 e. The summed E-state index contributed by atoms with van der Waals surface area (Å²) >= 11 is 5.76. The number of hydrogen-bond acceptors (Lipinski definition) is 3. The number of aliphatic hydroxyl groups excluding tert-OH is 1. The molecule has 1 heterocycles. The second-order valence-corrected chi connectivity index (χ2v) is 3.32. The maximum absolute atomic E-state index is 9.19. The summed E-state index contributed by atoms with van der Waals surface area (Å²) in [6.07, 6.45) is 1.61. The van der Waals surface area contributed by atoms with Crippen molar-refractivity contribution < 1.29 is 5.11 Å². The minimum Gasteiger partial charge on any atom is -0.392 e. The lowest BCUT2D eigenvalue weighted by Gasteiger charge is -2.08. The van der Waals surface area contributed by atoms with E-state index in [0.29, 0.717) is 5.88 Å². The number of para-hydroxylation sites is 1. The average Bonchev–Trinajstić information content (AvgIpc) is 2.76. The van der Waals surface area contributed by atoms with Crippen LogP contribution in [0, 0.1) is 0 Å². The van der Waals surface area contributed by atoms with Gasteiger partial charge in [-0.15, -0.1) is 16.7 Å². The molecule has 0 bridgehead atoms. The lowest BCUT2D eigenvalue weighted by molar-refractivity contribution is 0.281. The first-order valence-corrected chi connectivity index (χ1v) is 5.05. The van der Waals surface area contributed by atoms with Crippen molar-refractivity contribution in [3.63, 3.8) is 0 Å². The first-order chi connectivity index (χ1) is 7.36. The molecule has 0 spiro atoms. The number of benzene rings is 1. The van der Waals surface area contributed by atoms with Crippen LogP contribution in [0.3, 0.4) is 0 Å². The molecular weight excluding hydrogens is 214 g/mol. The van der Waals surface area contributed by atoms with Crippen LogP contribution in [0.2, 0.25) is 0 Å². The number of aliphatic hydroxyl groups is 1. The smallest absolute Gasteiger partial charge is 0.0793 e. The van der Waals surface area contributed by atoms with Gasteiger partial charge in [0.15, 0.2) is 0 Å². The van der Waals surface area contributed by atoms with Crippen LogP contribution in [0.4, 0.5) is 0 Å². The summed E-state index contributed by atoms with van der Waals surface area (Å²) in [6, 6.07) is 7.46. The van der Waals surface area contributed by atoms with Gasteiger partial charge in [-0.3, -0.25) is 0 Å². The summed E-state index contributed by atoms with van der Waals surface area (Å²) in [5, 5.41) is 16.9. The fourth-order valence-electron chi connectivity index (χ4n) is 1.40. The molecule has 2 rings (SSSR count). The van der Waals surface area contributed by atoms with Crippen LogP contribution in [0.25, 0.3) is 5.69 Å². The van der Waals surface area contributed by atoms with Gasteiger partial charge in [-0.05, 0) is 6.07 Å². The molecule has 0 amide bonds. The lowest BCUT2D eigenvalue weighted by atomic mass is 10.2. The molecule has 0 radical (unpaired) electrons. The van der Waals surface area contributed by atoms with Gasteiger partial charge in [-0.2, -0.15) is 0 Å². The highest BCUT2D eigenvalue weighted by atomic mass is 35.5. The SMILES string of the molecule is OCc1ccccc1-n1nncc1CCl. The minimum absolute atomic E-state index is 0.0300. The van der Waals surface area contributed by atoms with E-state index in [0.717, 1.165) is 16.9 Å². The van der Waals surface area contributed by atoms with E-state index in [-0.39, 0.29) is 6.61 Å². The van der Waals surface area contributed by atoms with Crippen LogP contribution in [0.15, 0.2) is 30.5 Å². The Labute approximate surface area is 92.1 Å². The average molecular weight is 224 g/mol. The van der Waals surface area contributed by atoms with Crippen LogP contribution in [0.1, 0.15) is 11.3 Å². The molecule has 78 valence electrons. The van der Waals surface area contributed by atoms with E-state index in [2.05, 4.69) is 10.3 Å². The van der Waals surface area contributed by atoms with Crippen molar-refractivity contribution in [3.05, 3.63) is 41.7 Å². The van der Waals surface area contributed by atoms with E-state index in [9.17, 15) is 5.11 Å². The van der Waals surface area contributed by atoms with E-state index in [1.165, 1.54) is 0 Å². The van der Waals surface area contributed by atoms with Gasteiger partial charge < -0.3 is 5.11 Å². The molecule has 5 heteroatoms. The Kier molecular flexibility index (Phi) is 2.99. The molecule has 0 aliphatic carbocycles. The Bertz CT molecular complexity index is 455. The summed E-state index contributed by atoms with van der Waals surface area (Å²) < 4.78 is 1.64. The second-order valence-electron chi connectivity index (χ2n) is 3.06. The van der Waals surface area contributed by atoms with Gasteiger partial charge in [-0.1, -0.05) is 23.4 Å². The summed E-state index contributed by atoms with van der Waals surface area (Å²) in [7, 11) is 0. The predicted molar refractivity (Wildman–Crippen MR) is 56.8 cm³/mol. The summed E-state index contributed by atoms with van der Waals surface area (Å²) in [5.74, 6) is 0.340. The molecular formula is C10H10ClN3O. The third-order valence-electron chi connectivity index (χ3n) is 2.15. The van der Waals surface area contributed by atoms with Gasteiger partial charge in [0.25, 0.3) is 0 Å². The molecule has 2 aromatic rings. The van der Waals surface area contributed by atoms with Crippen LogP contribution < -0.4 is 0 Å². The Morgan fingerprint density at radius 3 is 2.87 bits per heavy atom. The number of halogens is 1. The van der Waals surface area contributed by atoms with Crippen molar-refractivity contribution >= 4 is 11.6 Å². The van der Waals surface area contributed by atoms with Crippen molar-refractivity contribution in [3.8, 4) is 5.69 Å². The van der Waals surface area contributed by atoms with Crippen molar-refractivity contribution in [1.29, 1.82) is 0 Å². The van der Waals surface area contributed by atoms with Crippen LogP contribution in [-0.2, 0) is 12.5 Å². The zero-order chi connectivity index (χ0) is 10.7. The minimum atomic E-state index is -0.0300. The van der Waals surface area contributed by atoms with E-state index >= 15 is 0 Å². The van der Waals surface area contributed by atoms with Crippen LogP contribution >= 0.6 is 11.6 Å². The van der Waals surface area contributed by atoms with E-state index < -0.39 is 0 Å². The van der Waals surface area contributed by atoms with Crippen LogP contribution in [0.5, 0.6) is 0 Å². The number of hydrogen-bond donors (Lipinski definition) is 1. The van der Waals surface area contributed by atoms with Gasteiger partial charge in [0.1, 0.15) is 0 Å². The molecule has 0 fully saturated rings. The van der Waals surface area contributed by atoms with Gasteiger partial charge in [0.2, 0.25) is 0 Å². The van der Waals surface area contributed by atoms with Crippen molar-refractivity contribution in [2.24, 2.45) is 0 Å². The summed E-state index contributed by atoms with van der Waals surface area (Å²) in [5.41, 5.74) is 2.42. The Balaban J connectivity index is 2.53. The topological polar surface area (TPSA) is 50.9 Å². The van der Waals surface area contributed by atoms with Crippen LogP contribution in [-0.4, -0.2) is 20.1 Å². The number of rotatable bonds is 3. The molecule has 0 aliphatic rings. The standard InChI is InChI=1S/C10H10ClN3O/c11-5-9-6-12-13-14(9)10-4-2-1-3-8(10)7-15/h1-4,6,15H,5,7H2. The highest BCUT2D eigenvalue weighted by Gasteiger charge is 2.08. The lowest BCUT2D eigenvalue weighted by Crippen LogP contribution is -2.04.